The summed E-state index contributed by atoms with van der Waals surface area (Å²) in [7, 11) is -11.1. The minimum Gasteiger partial charge on any atom is -0.478 e. The molecular weight excluding hydrogens is 1160 g/mol. The van der Waals surface area contributed by atoms with E-state index in [1.807, 2.05) is 13.8 Å². The van der Waals surface area contributed by atoms with Gasteiger partial charge in [0.2, 0.25) is 11.8 Å². The number of carboxylic acids is 1. The molecule has 8 aromatic rings. The van der Waals surface area contributed by atoms with Crippen LogP contribution in [0.5, 0.6) is 0 Å². The summed E-state index contributed by atoms with van der Waals surface area (Å²) < 4.78 is 118. The first-order valence-corrected chi connectivity index (χ1v) is 30.7. The number of sulfonamides is 1. The number of aliphatic carboxylic acids is 1. The van der Waals surface area contributed by atoms with Crippen molar-refractivity contribution in [2.75, 3.05) is 26.8 Å². The van der Waals surface area contributed by atoms with Crippen LogP contribution in [0.3, 0.4) is 0 Å². The monoisotopic (exact) mass is 1230 g/mol. The van der Waals surface area contributed by atoms with Crippen molar-refractivity contribution in [1.82, 2.24) is 0 Å². The zero-order chi connectivity index (χ0) is 62.5. The lowest BCUT2D eigenvalue weighted by Gasteiger charge is -2.09. The average molecular weight is 1230 g/mol. The molecule has 0 heterocycles. The molecule has 0 spiro atoms. The summed E-state index contributed by atoms with van der Waals surface area (Å²) >= 11 is 0. The third-order valence-corrected chi connectivity index (χ3v) is 16.6. The van der Waals surface area contributed by atoms with Crippen molar-refractivity contribution in [1.29, 1.82) is 0 Å². The van der Waals surface area contributed by atoms with Gasteiger partial charge in [-0.2, -0.15) is 0 Å². The molecule has 8 N–H and O–H groups in total. The fourth-order valence-corrected chi connectivity index (χ4v) is 11.5. The van der Waals surface area contributed by atoms with E-state index in [0.717, 1.165) is 6.08 Å². The number of aryl methyl sites for hydroxylation is 3. The summed E-state index contributed by atoms with van der Waals surface area (Å²) in [6, 6.07) is 44.5. The molecule has 21 heteroatoms. The molecule has 0 aromatic heterocycles. The molecule has 0 saturated carbocycles. The van der Waals surface area contributed by atoms with Gasteiger partial charge in [0, 0.05) is 23.9 Å². The molecule has 0 aliphatic heterocycles. The molecule has 86 heavy (non-hydrogen) atoms. The Hall–Kier alpha value is -9.57. The van der Waals surface area contributed by atoms with Gasteiger partial charge in [-0.15, -0.1) is 0 Å². The number of benzene rings is 8. The van der Waals surface area contributed by atoms with E-state index in [1.54, 1.807) is 106 Å². The second kappa shape index (κ2) is 31.9. The molecule has 0 unspecified atom stereocenters. The van der Waals surface area contributed by atoms with E-state index in [1.165, 1.54) is 121 Å². The average Bonchev–Trinajstić information content (AvgIpc) is 3.23. The molecule has 0 fully saturated rings. The predicted octanol–water partition coefficient (Wildman–Crippen LogP) is 13.4. The van der Waals surface area contributed by atoms with Crippen LogP contribution in [0.2, 0.25) is 0 Å². The van der Waals surface area contributed by atoms with Crippen molar-refractivity contribution in [3.05, 3.63) is 256 Å². The number of nitrogens with two attached hydrogens (primary N) is 2. The maximum Gasteiger partial charge on any atom is 0.328 e. The van der Waals surface area contributed by atoms with Crippen LogP contribution >= 0.6 is 0 Å². The minimum atomic E-state index is -3.88. The SMILES string of the molecule is C.CC.Cc1cc(CS(=O)(=O)c2cccc(/C=C/C(=O)Nc3ccccc3N)c2)ccc1F.Cc1cc(CS(=O)(=O)c2cccc(/C=C/C(=O)O)c2)ccc1F.Cc1cc(NS(=O)(=O)c2cccc(/C=C/C(=O)Nc3ccccc3N)c2)ccc1F. The number of halogens is 3. The number of amides is 2. The number of carbonyl (C=O) groups is 3. The van der Waals surface area contributed by atoms with Crippen LogP contribution in [0, 0.1) is 38.2 Å². The number of nitrogens with one attached hydrogen (secondary N) is 3. The van der Waals surface area contributed by atoms with Crippen molar-refractivity contribution < 1.29 is 57.9 Å². The van der Waals surface area contributed by atoms with Crippen LogP contribution in [0.15, 0.2) is 209 Å². The molecule has 0 aliphatic carbocycles. The maximum atomic E-state index is 13.4. The smallest absolute Gasteiger partial charge is 0.328 e. The topological polar surface area (TPSA) is 262 Å². The Morgan fingerprint density at radius 3 is 1.21 bits per heavy atom. The Balaban J connectivity index is 0.000000273. The van der Waals surface area contributed by atoms with E-state index in [2.05, 4.69) is 15.4 Å². The number of carbonyl (C=O) groups excluding carboxylic acids is 2. The molecule has 0 aliphatic rings. The molecule has 0 saturated heterocycles. The first kappa shape index (κ1) is 68.9. The third kappa shape index (κ3) is 21.2. The summed E-state index contributed by atoms with van der Waals surface area (Å²) in [4.78, 5) is 35.0. The molecule has 0 atom stereocenters. The zero-order valence-electron chi connectivity index (χ0n) is 46.8. The van der Waals surface area contributed by atoms with Gasteiger partial charge in [-0.3, -0.25) is 14.3 Å². The van der Waals surface area contributed by atoms with Crippen molar-refractivity contribution in [2.45, 2.75) is 68.2 Å². The highest BCUT2D eigenvalue weighted by Crippen LogP contribution is 2.25. The Labute approximate surface area is 500 Å². The molecular formula is C65H66F3N5O10S3. The van der Waals surface area contributed by atoms with Gasteiger partial charge in [0.05, 0.1) is 48.9 Å². The normalized spacial score (nSPS) is 11.2. The van der Waals surface area contributed by atoms with Crippen LogP contribution in [0.1, 0.15) is 65.8 Å². The molecule has 8 rings (SSSR count). The van der Waals surface area contributed by atoms with Crippen molar-refractivity contribution in [2.24, 2.45) is 0 Å². The maximum absolute atomic E-state index is 13.4. The van der Waals surface area contributed by atoms with E-state index in [4.69, 9.17) is 16.6 Å². The predicted molar refractivity (Wildman–Crippen MR) is 337 cm³/mol. The first-order valence-electron chi connectivity index (χ1n) is 25.9. The number of sulfone groups is 2. The van der Waals surface area contributed by atoms with Crippen LogP contribution in [-0.4, -0.2) is 48.1 Å². The van der Waals surface area contributed by atoms with E-state index in [0.29, 0.717) is 67.3 Å². The molecule has 15 nitrogen and oxygen atoms in total. The minimum absolute atomic E-state index is 0. The Morgan fingerprint density at radius 2 is 0.826 bits per heavy atom. The van der Waals surface area contributed by atoms with Crippen LogP contribution in [0.25, 0.3) is 18.2 Å². The van der Waals surface area contributed by atoms with Gasteiger partial charge in [0.15, 0.2) is 19.7 Å². The van der Waals surface area contributed by atoms with E-state index < -0.39 is 47.4 Å². The van der Waals surface area contributed by atoms with Gasteiger partial charge in [-0.05, 0) is 175 Å². The highest BCUT2D eigenvalue weighted by Gasteiger charge is 2.19. The number of hydrogen-bond donors (Lipinski definition) is 6. The Bertz CT molecular complexity index is 3960. The molecule has 8 aromatic carbocycles. The van der Waals surface area contributed by atoms with Crippen molar-refractivity contribution in [3.8, 4) is 0 Å². The lowest BCUT2D eigenvalue weighted by molar-refractivity contribution is -0.131. The number of carboxylic acid groups (broad SMARTS) is 1. The number of nitrogen functional groups attached to an aromatic ring is 2. The third-order valence-electron chi connectivity index (χ3n) is 11.9. The number of para-hydroxylation sites is 4. The molecule has 0 bridgehead atoms. The summed E-state index contributed by atoms with van der Waals surface area (Å²) in [6.07, 6.45) is 7.87. The fourth-order valence-electron chi connectivity index (χ4n) is 7.61. The first-order chi connectivity index (χ1) is 40.3. The standard InChI is InChI=1S/C23H21FN2O3S.C22H20FN3O3S.C17H15FO4S.C2H6.CH4/c1-16-13-18(9-11-20(16)24)15-30(28,29)19-6-4-5-17(14-19)10-12-23(27)26-22-8-3-2-7-21(22)25;1-15-13-17(10-11-19(15)23)26-30(28,29)18-6-4-5-16(14-18)9-12-22(27)25-21-8-3-2-7-20(21)24;1-12-9-14(5-7-16(12)18)11-23(21,22)15-4-2-3-13(10-15)6-8-17(19)20;1-2;/h2-14H,15,25H2,1H3,(H,26,27);2-14,26H,24H2,1H3,(H,25,27);2-10H,11H2,1H3,(H,19,20);1-2H3;1H4/b12-10+;12-9+;8-6+;;. The van der Waals surface area contributed by atoms with Gasteiger partial charge in [0.25, 0.3) is 10.0 Å². The zero-order valence-corrected chi connectivity index (χ0v) is 49.2. The van der Waals surface area contributed by atoms with Crippen molar-refractivity contribution in [3.63, 3.8) is 0 Å². The van der Waals surface area contributed by atoms with Crippen LogP contribution in [-0.2, 0) is 55.6 Å². The number of rotatable bonds is 17. The highest BCUT2D eigenvalue weighted by atomic mass is 32.2. The van der Waals surface area contributed by atoms with Gasteiger partial charge in [-0.25, -0.2) is 43.2 Å². The Morgan fingerprint density at radius 1 is 0.465 bits per heavy atom. The second-order valence-corrected chi connectivity index (χ2v) is 24.1. The van der Waals surface area contributed by atoms with Gasteiger partial charge >= 0.3 is 5.97 Å². The molecule has 450 valence electrons. The van der Waals surface area contributed by atoms with Crippen molar-refractivity contribution >= 4 is 94.1 Å². The highest BCUT2D eigenvalue weighted by molar-refractivity contribution is 7.92. The largest absolute Gasteiger partial charge is 0.478 e. The van der Waals surface area contributed by atoms with E-state index in [-0.39, 0.29) is 56.8 Å². The Kier molecular flexibility index (Phi) is 25.6. The number of anilines is 5. The summed E-state index contributed by atoms with van der Waals surface area (Å²) in [5.74, 6) is -3.56. The quantitative estimate of drug-likeness (QED) is 0.0367. The molecule has 0 radical (unpaired) electrons. The summed E-state index contributed by atoms with van der Waals surface area (Å²) in [5.41, 5.74) is 17.4. The van der Waals surface area contributed by atoms with Gasteiger partial charge in [-0.1, -0.05) is 106 Å². The van der Waals surface area contributed by atoms with Gasteiger partial charge < -0.3 is 27.2 Å². The van der Waals surface area contributed by atoms with Gasteiger partial charge in [0.1, 0.15) is 17.5 Å². The van der Waals surface area contributed by atoms with Crippen LogP contribution < -0.4 is 26.8 Å². The summed E-state index contributed by atoms with van der Waals surface area (Å²) in [5, 5.41) is 13.9. The lowest BCUT2D eigenvalue weighted by Crippen LogP contribution is -2.13. The fraction of sp³-hybridized carbons (Fsp3) is 0.123. The summed E-state index contributed by atoms with van der Waals surface area (Å²) in [6.45, 7) is 8.71. The lowest BCUT2D eigenvalue weighted by atomic mass is 10.1. The second-order valence-electron chi connectivity index (χ2n) is 18.5. The number of hydrogen-bond acceptors (Lipinski definition) is 11. The van der Waals surface area contributed by atoms with E-state index in [9.17, 15) is 52.8 Å². The molecule has 2 amide bonds. The van der Waals surface area contributed by atoms with Crippen LogP contribution in [0.4, 0.5) is 41.6 Å². The van der Waals surface area contributed by atoms with E-state index >= 15 is 0 Å².